The van der Waals surface area contributed by atoms with Gasteiger partial charge in [0.2, 0.25) is 0 Å². The zero-order valence-electron chi connectivity index (χ0n) is 9.84. The molecule has 2 aromatic rings. The Morgan fingerprint density at radius 1 is 1.17 bits per heavy atom. The average Bonchev–Trinajstić information content (AvgIpc) is 3.23. The summed E-state index contributed by atoms with van der Waals surface area (Å²) in [5.74, 6) is 0.850. The van der Waals surface area contributed by atoms with Gasteiger partial charge in [-0.3, -0.25) is 4.98 Å². The van der Waals surface area contributed by atoms with Crippen molar-refractivity contribution in [1.29, 1.82) is 5.26 Å². The van der Waals surface area contributed by atoms with Crippen molar-refractivity contribution in [3.63, 3.8) is 0 Å². The van der Waals surface area contributed by atoms with Crippen LogP contribution in [0.2, 0.25) is 0 Å². The number of hydrogen-bond acceptors (Lipinski definition) is 3. The van der Waals surface area contributed by atoms with Crippen molar-refractivity contribution in [3.8, 4) is 22.9 Å². The van der Waals surface area contributed by atoms with Crippen molar-refractivity contribution in [2.75, 3.05) is 0 Å². The highest BCUT2D eigenvalue weighted by molar-refractivity contribution is 5.75. The molecule has 1 fully saturated rings. The van der Waals surface area contributed by atoms with Crippen molar-refractivity contribution < 1.29 is 4.74 Å². The lowest BCUT2D eigenvalue weighted by molar-refractivity contribution is 0.304. The molecule has 18 heavy (non-hydrogen) atoms. The summed E-state index contributed by atoms with van der Waals surface area (Å²) in [6.07, 6.45) is 5.87. The number of nitrogens with zero attached hydrogens (tertiary/aromatic N) is 2. The molecule has 0 radical (unpaired) electrons. The number of aromatic nitrogens is 1. The molecule has 0 N–H and O–H groups in total. The van der Waals surface area contributed by atoms with E-state index in [0.29, 0.717) is 11.7 Å². The Labute approximate surface area is 106 Å². The number of nitriles is 1. The molecule has 0 atom stereocenters. The SMILES string of the molecule is N#Cc1cnccc1-c1ccccc1OC1CC1. The second-order valence-electron chi connectivity index (χ2n) is 4.35. The van der Waals surface area contributed by atoms with Crippen LogP contribution in [0.25, 0.3) is 11.1 Å². The summed E-state index contributed by atoms with van der Waals surface area (Å²) in [7, 11) is 0. The van der Waals surface area contributed by atoms with Crippen LogP contribution in [0.1, 0.15) is 18.4 Å². The largest absolute Gasteiger partial charge is 0.490 e. The number of hydrogen-bond donors (Lipinski definition) is 0. The van der Waals surface area contributed by atoms with E-state index in [1.165, 1.54) is 0 Å². The minimum Gasteiger partial charge on any atom is -0.490 e. The van der Waals surface area contributed by atoms with Crippen LogP contribution in [0.5, 0.6) is 5.75 Å². The normalized spacial score (nSPS) is 13.9. The van der Waals surface area contributed by atoms with E-state index in [-0.39, 0.29) is 0 Å². The van der Waals surface area contributed by atoms with Crippen LogP contribution < -0.4 is 4.74 Å². The fourth-order valence-corrected chi connectivity index (χ4v) is 1.88. The van der Waals surface area contributed by atoms with Gasteiger partial charge in [-0.05, 0) is 25.0 Å². The minimum absolute atomic E-state index is 0.346. The molecule has 3 nitrogen and oxygen atoms in total. The second kappa shape index (κ2) is 4.50. The summed E-state index contributed by atoms with van der Waals surface area (Å²) in [5, 5.41) is 9.13. The van der Waals surface area contributed by atoms with E-state index in [4.69, 9.17) is 10.00 Å². The third-order valence-electron chi connectivity index (χ3n) is 2.94. The lowest BCUT2D eigenvalue weighted by atomic mass is 10.0. The van der Waals surface area contributed by atoms with E-state index < -0.39 is 0 Å². The fourth-order valence-electron chi connectivity index (χ4n) is 1.88. The van der Waals surface area contributed by atoms with Gasteiger partial charge in [0.1, 0.15) is 11.8 Å². The molecule has 1 saturated carbocycles. The van der Waals surface area contributed by atoms with Gasteiger partial charge in [0.05, 0.1) is 11.7 Å². The number of pyridine rings is 1. The van der Waals surface area contributed by atoms with E-state index in [2.05, 4.69) is 11.1 Å². The van der Waals surface area contributed by atoms with Gasteiger partial charge in [-0.1, -0.05) is 18.2 Å². The lowest BCUT2D eigenvalue weighted by Crippen LogP contribution is -1.98. The van der Waals surface area contributed by atoms with E-state index >= 15 is 0 Å². The van der Waals surface area contributed by atoms with Crippen LogP contribution in [0.4, 0.5) is 0 Å². The van der Waals surface area contributed by atoms with Crippen LogP contribution >= 0.6 is 0 Å². The Morgan fingerprint density at radius 2 is 2.00 bits per heavy atom. The van der Waals surface area contributed by atoms with E-state index in [1.807, 2.05) is 30.3 Å². The zero-order chi connectivity index (χ0) is 12.4. The summed E-state index contributed by atoms with van der Waals surface area (Å²) in [4.78, 5) is 3.98. The molecule has 1 aliphatic rings. The molecule has 3 heteroatoms. The summed E-state index contributed by atoms with van der Waals surface area (Å²) in [6, 6.07) is 11.9. The summed E-state index contributed by atoms with van der Waals surface area (Å²) >= 11 is 0. The molecule has 0 saturated heterocycles. The summed E-state index contributed by atoms with van der Waals surface area (Å²) in [5.41, 5.74) is 2.41. The van der Waals surface area contributed by atoms with Gasteiger partial charge in [-0.25, -0.2) is 0 Å². The van der Waals surface area contributed by atoms with Crippen LogP contribution in [-0.2, 0) is 0 Å². The van der Waals surface area contributed by atoms with E-state index in [9.17, 15) is 0 Å². The van der Waals surface area contributed by atoms with Crippen LogP contribution in [0, 0.1) is 11.3 Å². The second-order valence-corrected chi connectivity index (χ2v) is 4.35. The molecule has 88 valence electrons. The Morgan fingerprint density at radius 3 is 2.78 bits per heavy atom. The van der Waals surface area contributed by atoms with Crippen molar-refractivity contribution >= 4 is 0 Å². The highest BCUT2D eigenvalue weighted by atomic mass is 16.5. The van der Waals surface area contributed by atoms with Crippen LogP contribution in [-0.4, -0.2) is 11.1 Å². The van der Waals surface area contributed by atoms with Gasteiger partial charge in [0.15, 0.2) is 0 Å². The fraction of sp³-hybridized carbons (Fsp3) is 0.200. The summed E-state index contributed by atoms with van der Waals surface area (Å²) in [6.45, 7) is 0. The molecule has 0 amide bonds. The van der Waals surface area contributed by atoms with E-state index in [1.54, 1.807) is 12.4 Å². The van der Waals surface area contributed by atoms with Crippen LogP contribution in [0.3, 0.4) is 0 Å². The Bertz CT molecular complexity index is 612. The molecule has 0 spiro atoms. The Hall–Kier alpha value is -2.34. The number of benzene rings is 1. The summed E-state index contributed by atoms with van der Waals surface area (Å²) < 4.78 is 5.88. The lowest BCUT2D eigenvalue weighted by Gasteiger charge is -2.11. The smallest absolute Gasteiger partial charge is 0.127 e. The molecule has 0 unspecified atom stereocenters. The molecule has 1 aromatic carbocycles. The first-order valence-corrected chi connectivity index (χ1v) is 5.98. The van der Waals surface area contributed by atoms with E-state index in [0.717, 1.165) is 29.7 Å². The molecule has 0 bridgehead atoms. The van der Waals surface area contributed by atoms with Crippen molar-refractivity contribution in [3.05, 3.63) is 48.3 Å². The first-order chi connectivity index (χ1) is 8.88. The van der Waals surface area contributed by atoms with Crippen LogP contribution in [0.15, 0.2) is 42.7 Å². The molecular weight excluding hydrogens is 224 g/mol. The first-order valence-electron chi connectivity index (χ1n) is 5.98. The number of rotatable bonds is 3. The minimum atomic E-state index is 0.346. The Balaban J connectivity index is 2.07. The van der Waals surface area contributed by atoms with Crippen molar-refractivity contribution in [2.24, 2.45) is 0 Å². The third kappa shape index (κ3) is 2.05. The van der Waals surface area contributed by atoms with Crippen molar-refractivity contribution in [2.45, 2.75) is 18.9 Å². The van der Waals surface area contributed by atoms with Gasteiger partial charge < -0.3 is 4.74 Å². The maximum absolute atomic E-state index is 9.13. The maximum atomic E-state index is 9.13. The molecule has 1 aliphatic carbocycles. The first kappa shape index (κ1) is 10.8. The Kier molecular flexibility index (Phi) is 2.70. The van der Waals surface area contributed by atoms with Gasteiger partial charge in [-0.2, -0.15) is 5.26 Å². The number of ether oxygens (including phenoxy) is 1. The highest BCUT2D eigenvalue weighted by Gasteiger charge is 2.24. The molecular formula is C15H12N2O. The maximum Gasteiger partial charge on any atom is 0.127 e. The monoisotopic (exact) mass is 236 g/mol. The average molecular weight is 236 g/mol. The van der Waals surface area contributed by atoms with Gasteiger partial charge in [0.25, 0.3) is 0 Å². The standard InChI is InChI=1S/C15H12N2O/c16-9-11-10-17-8-7-13(11)14-3-1-2-4-15(14)18-12-5-6-12/h1-4,7-8,10,12H,5-6H2. The van der Waals surface area contributed by atoms with Gasteiger partial charge in [-0.15, -0.1) is 0 Å². The molecule has 1 aromatic heterocycles. The molecule has 3 rings (SSSR count). The highest BCUT2D eigenvalue weighted by Crippen LogP contribution is 2.35. The van der Waals surface area contributed by atoms with Crippen molar-refractivity contribution in [1.82, 2.24) is 4.98 Å². The number of para-hydroxylation sites is 1. The predicted molar refractivity (Wildman–Crippen MR) is 68.0 cm³/mol. The van der Waals surface area contributed by atoms with Gasteiger partial charge in [0, 0.05) is 23.5 Å². The quantitative estimate of drug-likeness (QED) is 0.822. The zero-order valence-corrected chi connectivity index (χ0v) is 9.84. The van der Waals surface area contributed by atoms with Gasteiger partial charge >= 0.3 is 0 Å². The predicted octanol–water partition coefficient (Wildman–Crippen LogP) is 3.16. The molecule has 0 aliphatic heterocycles. The molecule has 1 heterocycles. The topological polar surface area (TPSA) is 45.9 Å². The third-order valence-corrected chi connectivity index (χ3v) is 2.94.